The number of carboxylic acid groups (broad SMARTS) is 1. The van der Waals surface area contributed by atoms with E-state index in [1.807, 2.05) is 20.8 Å². The van der Waals surface area contributed by atoms with Crippen molar-refractivity contribution >= 4 is 40.8 Å². The molecule has 1 saturated heterocycles. The number of halogens is 4. The first kappa shape index (κ1) is 29.9. The van der Waals surface area contributed by atoms with E-state index in [1.54, 1.807) is 13.0 Å². The Hall–Kier alpha value is -3.04. The van der Waals surface area contributed by atoms with E-state index in [-0.39, 0.29) is 32.2 Å². The zero-order chi connectivity index (χ0) is 29.6. The summed E-state index contributed by atoms with van der Waals surface area (Å²) in [6, 6.07) is 11.1. The number of hydrogen-bond donors (Lipinski definition) is 4. The van der Waals surface area contributed by atoms with Crippen molar-refractivity contribution in [3.05, 3.63) is 98.5 Å². The third-order valence-corrected chi connectivity index (χ3v) is 7.88. The SMILES string of the molecule is Cc1cc(C(=O)O)ccc1NC(=O)C1NC(CC(C)(C)C)C(N)(c2ccc(Cl)cc2F)C1c1cccc(Cl)c1F. The second-order valence-electron chi connectivity index (χ2n) is 11.5. The third kappa shape index (κ3) is 5.72. The molecule has 4 rings (SSSR count). The van der Waals surface area contributed by atoms with Crippen LogP contribution in [0.15, 0.2) is 54.6 Å². The van der Waals surface area contributed by atoms with E-state index in [2.05, 4.69) is 10.6 Å². The standard InChI is InChI=1S/C30H31Cl2F2N3O3/c1-15-12-16(28(39)40)8-11-22(15)36-27(38)26-24(18-6-5-7-20(32)25(18)34)30(35,23(37-26)14-29(2,3)4)19-10-9-17(31)13-21(19)33/h5-13,23-24,26,37H,14,35H2,1-4H3,(H,36,38)(H,39,40). The van der Waals surface area contributed by atoms with E-state index in [1.165, 1.54) is 42.5 Å². The van der Waals surface area contributed by atoms with Crippen LogP contribution in [0.1, 0.15) is 60.2 Å². The summed E-state index contributed by atoms with van der Waals surface area (Å²) >= 11 is 12.2. The lowest BCUT2D eigenvalue weighted by Gasteiger charge is -2.40. The molecule has 40 heavy (non-hydrogen) atoms. The third-order valence-electron chi connectivity index (χ3n) is 7.35. The Kier molecular flexibility index (Phi) is 8.30. The van der Waals surface area contributed by atoms with Gasteiger partial charge in [-0.05, 0) is 66.3 Å². The van der Waals surface area contributed by atoms with E-state index in [0.29, 0.717) is 17.7 Å². The molecule has 1 amide bonds. The highest BCUT2D eigenvalue weighted by molar-refractivity contribution is 6.31. The molecule has 0 saturated carbocycles. The molecular weight excluding hydrogens is 559 g/mol. The number of carbonyl (C=O) groups excluding carboxylic acids is 1. The van der Waals surface area contributed by atoms with E-state index < -0.39 is 47.1 Å². The first-order valence-corrected chi connectivity index (χ1v) is 13.5. The van der Waals surface area contributed by atoms with Crippen LogP contribution in [0.5, 0.6) is 0 Å². The highest BCUT2D eigenvalue weighted by Crippen LogP contribution is 2.50. The van der Waals surface area contributed by atoms with Gasteiger partial charge in [0, 0.05) is 28.2 Å². The summed E-state index contributed by atoms with van der Waals surface area (Å²) in [5.41, 5.74) is 6.38. The number of hydrogen-bond acceptors (Lipinski definition) is 4. The van der Waals surface area contributed by atoms with Crippen molar-refractivity contribution in [2.75, 3.05) is 5.32 Å². The molecule has 1 heterocycles. The molecule has 6 nitrogen and oxygen atoms in total. The zero-order valence-corrected chi connectivity index (χ0v) is 24.0. The number of aryl methyl sites for hydroxylation is 1. The maximum atomic E-state index is 15.7. The molecule has 0 aliphatic carbocycles. The molecular formula is C30H31Cl2F2N3O3. The Labute approximate surface area is 241 Å². The molecule has 10 heteroatoms. The molecule has 1 aliphatic heterocycles. The van der Waals surface area contributed by atoms with Gasteiger partial charge in [-0.25, -0.2) is 13.6 Å². The van der Waals surface area contributed by atoms with Crippen molar-refractivity contribution in [1.29, 1.82) is 0 Å². The van der Waals surface area contributed by atoms with E-state index in [0.717, 1.165) is 6.07 Å². The van der Waals surface area contributed by atoms with Crippen molar-refractivity contribution in [3.63, 3.8) is 0 Å². The van der Waals surface area contributed by atoms with Crippen molar-refractivity contribution < 1.29 is 23.5 Å². The van der Waals surface area contributed by atoms with Gasteiger partial charge in [-0.3, -0.25) is 4.79 Å². The summed E-state index contributed by atoms with van der Waals surface area (Å²) in [4.78, 5) is 25.3. The average molecular weight is 590 g/mol. The van der Waals surface area contributed by atoms with Gasteiger partial charge < -0.3 is 21.5 Å². The van der Waals surface area contributed by atoms with Crippen molar-refractivity contribution in [2.45, 2.75) is 57.7 Å². The fourth-order valence-corrected chi connectivity index (χ4v) is 5.89. The molecule has 212 valence electrons. The van der Waals surface area contributed by atoms with Gasteiger partial charge in [0.15, 0.2) is 0 Å². The number of rotatable bonds is 6. The van der Waals surface area contributed by atoms with Crippen molar-refractivity contribution in [3.8, 4) is 0 Å². The first-order valence-electron chi connectivity index (χ1n) is 12.7. The zero-order valence-electron chi connectivity index (χ0n) is 22.5. The topological polar surface area (TPSA) is 104 Å². The van der Waals surface area contributed by atoms with Crippen LogP contribution in [-0.4, -0.2) is 29.1 Å². The molecule has 4 unspecified atom stereocenters. The molecule has 4 atom stereocenters. The molecule has 1 aliphatic rings. The Bertz CT molecular complexity index is 1480. The molecule has 0 radical (unpaired) electrons. The average Bonchev–Trinajstić information content (AvgIpc) is 3.13. The van der Waals surface area contributed by atoms with Gasteiger partial charge in [-0.15, -0.1) is 0 Å². The van der Waals surface area contributed by atoms with Crippen LogP contribution in [-0.2, 0) is 10.3 Å². The van der Waals surface area contributed by atoms with E-state index >= 15 is 8.78 Å². The number of nitrogens with two attached hydrogens (primary N) is 1. The number of anilines is 1. The van der Waals surface area contributed by atoms with Crippen molar-refractivity contribution in [1.82, 2.24) is 5.32 Å². The number of benzene rings is 3. The number of amides is 1. The minimum atomic E-state index is -1.60. The van der Waals surface area contributed by atoms with Gasteiger partial charge in [-0.2, -0.15) is 0 Å². The highest BCUT2D eigenvalue weighted by Gasteiger charge is 2.58. The highest BCUT2D eigenvalue weighted by atomic mass is 35.5. The second kappa shape index (κ2) is 11.1. The Morgan fingerprint density at radius 1 is 1.10 bits per heavy atom. The van der Waals surface area contributed by atoms with Crippen LogP contribution >= 0.6 is 23.2 Å². The lowest BCUT2D eigenvalue weighted by atomic mass is 9.68. The molecule has 0 bridgehead atoms. The van der Waals surface area contributed by atoms with Gasteiger partial charge in [0.2, 0.25) is 5.91 Å². The quantitative estimate of drug-likeness (QED) is 0.258. The van der Waals surface area contributed by atoms with Crippen LogP contribution in [0.2, 0.25) is 10.0 Å². The number of nitrogens with one attached hydrogen (secondary N) is 2. The van der Waals surface area contributed by atoms with Gasteiger partial charge >= 0.3 is 5.97 Å². The summed E-state index contributed by atoms with van der Waals surface area (Å²) in [7, 11) is 0. The molecule has 3 aromatic rings. The maximum Gasteiger partial charge on any atom is 0.335 e. The lowest BCUT2D eigenvalue weighted by Crippen LogP contribution is -2.52. The van der Waals surface area contributed by atoms with Gasteiger partial charge in [-0.1, -0.05) is 62.2 Å². The number of carboxylic acids is 1. The minimum absolute atomic E-state index is 0.0614. The summed E-state index contributed by atoms with van der Waals surface area (Å²) in [6.45, 7) is 7.63. The monoisotopic (exact) mass is 589 g/mol. The van der Waals surface area contributed by atoms with Crippen LogP contribution in [0.3, 0.4) is 0 Å². The first-order chi connectivity index (χ1) is 18.6. The van der Waals surface area contributed by atoms with Gasteiger partial charge in [0.25, 0.3) is 0 Å². The second-order valence-corrected chi connectivity index (χ2v) is 12.3. The van der Waals surface area contributed by atoms with Crippen LogP contribution < -0.4 is 16.4 Å². The van der Waals surface area contributed by atoms with Crippen LogP contribution in [0.4, 0.5) is 14.5 Å². The Morgan fingerprint density at radius 2 is 1.80 bits per heavy atom. The Balaban J connectivity index is 1.89. The molecule has 1 fully saturated rings. The maximum absolute atomic E-state index is 15.7. The number of carbonyl (C=O) groups is 2. The van der Waals surface area contributed by atoms with Gasteiger partial charge in [0.1, 0.15) is 11.6 Å². The smallest absolute Gasteiger partial charge is 0.335 e. The number of aromatic carboxylic acids is 1. The summed E-state index contributed by atoms with van der Waals surface area (Å²) < 4.78 is 31.3. The minimum Gasteiger partial charge on any atom is -0.478 e. The molecule has 0 spiro atoms. The fourth-order valence-electron chi connectivity index (χ4n) is 5.55. The summed E-state index contributed by atoms with van der Waals surface area (Å²) in [6.07, 6.45) is 0.417. The largest absolute Gasteiger partial charge is 0.478 e. The van der Waals surface area contributed by atoms with Crippen LogP contribution in [0.25, 0.3) is 0 Å². The molecule has 3 aromatic carbocycles. The molecule has 5 N–H and O–H groups in total. The van der Waals surface area contributed by atoms with Crippen LogP contribution in [0, 0.1) is 24.0 Å². The fraction of sp³-hybridized carbons (Fsp3) is 0.333. The van der Waals surface area contributed by atoms with Gasteiger partial charge in [0.05, 0.1) is 22.2 Å². The van der Waals surface area contributed by atoms with Crippen molar-refractivity contribution in [2.24, 2.45) is 11.1 Å². The summed E-state index contributed by atoms with van der Waals surface area (Å²) in [5.74, 6) is -4.16. The predicted octanol–water partition coefficient (Wildman–Crippen LogP) is 6.63. The lowest BCUT2D eigenvalue weighted by molar-refractivity contribution is -0.118. The Morgan fingerprint density at radius 3 is 2.40 bits per heavy atom. The predicted molar refractivity (Wildman–Crippen MR) is 153 cm³/mol. The molecule has 0 aromatic heterocycles. The summed E-state index contributed by atoms with van der Waals surface area (Å²) in [5, 5.41) is 15.4. The normalized spacial score (nSPS) is 22.8. The van der Waals surface area contributed by atoms with E-state index in [4.69, 9.17) is 28.9 Å². The van der Waals surface area contributed by atoms with E-state index in [9.17, 15) is 14.7 Å².